The number of sulfone groups is 1. The molecule has 2 rings (SSSR count). The third-order valence-electron chi connectivity index (χ3n) is 3.01. The van der Waals surface area contributed by atoms with Gasteiger partial charge >= 0.3 is 0 Å². The molecule has 13 heavy (non-hydrogen) atoms. The minimum atomic E-state index is -2.84. The fourth-order valence-electron chi connectivity index (χ4n) is 1.91. The maximum absolute atomic E-state index is 11.3. The number of rotatable bonds is 2. The molecule has 2 fully saturated rings. The van der Waals surface area contributed by atoms with Crippen LogP contribution in [0.1, 0.15) is 19.8 Å². The van der Waals surface area contributed by atoms with Crippen LogP contribution in [0.5, 0.6) is 0 Å². The van der Waals surface area contributed by atoms with Crippen LogP contribution >= 0.6 is 0 Å². The zero-order chi connectivity index (χ0) is 9.64. The predicted octanol–water partition coefficient (Wildman–Crippen LogP) is 0.289. The van der Waals surface area contributed by atoms with E-state index in [0.717, 1.165) is 24.5 Å². The van der Waals surface area contributed by atoms with Gasteiger partial charge in [-0.1, -0.05) is 6.92 Å². The molecule has 0 bridgehead atoms. The van der Waals surface area contributed by atoms with Crippen LogP contribution in [0.25, 0.3) is 0 Å². The van der Waals surface area contributed by atoms with Crippen molar-refractivity contribution in [2.24, 2.45) is 0 Å². The number of hydrogen-bond donors (Lipinski definition) is 0. The third kappa shape index (κ3) is 1.51. The van der Waals surface area contributed by atoms with Crippen LogP contribution in [0.15, 0.2) is 0 Å². The van der Waals surface area contributed by atoms with E-state index in [9.17, 15) is 13.0 Å². The average Bonchev–Trinajstić information content (AvgIpc) is 1.99. The monoisotopic (exact) mass is 221 g/mol. The SMILES string of the molecule is C[C](C1CC[S+]1[O-])C1CCS1(=O)=O. The second kappa shape index (κ2) is 3.14. The van der Waals surface area contributed by atoms with Gasteiger partial charge in [0, 0.05) is 12.3 Å². The van der Waals surface area contributed by atoms with E-state index in [1.165, 1.54) is 0 Å². The van der Waals surface area contributed by atoms with Crippen molar-refractivity contribution in [3.8, 4) is 0 Å². The molecular weight excluding hydrogens is 208 g/mol. The summed E-state index contributed by atoms with van der Waals surface area (Å²) in [6.07, 6.45) is 1.65. The van der Waals surface area contributed by atoms with Gasteiger partial charge in [-0.05, 0) is 17.6 Å². The predicted molar refractivity (Wildman–Crippen MR) is 52.5 cm³/mol. The fourth-order valence-corrected chi connectivity index (χ4v) is 4.83. The Morgan fingerprint density at radius 1 is 1.46 bits per heavy atom. The van der Waals surface area contributed by atoms with Gasteiger partial charge in [0.15, 0.2) is 9.84 Å². The Bertz CT molecular complexity index is 299. The Kier molecular flexibility index (Phi) is 2.37. The molecule has 75 valence electrons. The van der Waals surface area contributed by atoms with Crippen molar-refractivity contribution < 1.29 is 13.0 Å². The first-order valence-electron chi connectivity index (χ1n) is 4.44. The Morgan fingerprint density at radius 2 is 2.15 bits per heavy atom. The summed E-state index contributed by atoms with van der Waals surface area (Å²) in [7, 11) is -2.84. The molecule has 0 aromatic carbocycles. The van der Waals surface area contributed by atoms with Crippen LogP contribution in [-0.4, -0.2) is 35.0 Å². The van der Waals surface area contributed by atoms with Crippen molar-refractivity contribution in [1.82, 2.24) is 0 Å². The highest BCUT2D eigenvalue weighted by atomic mass is 32.2. The summed E-state index contributed by atoms with van der Waals surface area (Å²) in [5.74, 6) is 2.00. The van der Waals surface area contributed by atoms with Gasteiger partial charge in [-0.3, -0.25) is 0 Å². The molecule has 2 aliphatic heterocycles. The molecule has 2 aliphatic rings. The van der Waals surface area contributed by atoms with Crippen molar-refractivity contribution in [3.05, 3.63) is 5.92 Å². The lowest BCUT2D eigenvalue weighted by molar-refractivity contribution is 0.516. The Balaban J connectivity index is 2.01. The highest BCUT2D eigenvalue weighted by molar-refractivity contribution is 7.94. The minimum Gasteiger partial charge on any atom is -0.616 e. The van der Waals surface area contributed by atoms with E-state index in [0.29, 0.717) is 5.75 Å². The summed E-state index contributed by atoms with van der Waals surface area (Å²) in [4.78, 5) is 0. The highest BCUT2D eigenvalue weighted by Crippen LogP contribution is 2.38. The molecule has 2 heterocycles. The molecule has 3 atom stereocenters. The van der Waals surface area contributed by atoms with E-state index in [1.54, 1.807) is 0 Å². The summed E-state index contributed by atoms with van der Waals surface area (Å²) in [5, 5.41) is -0.207. The topological polar surface area (TPSA) is 57.2 Å². The van der Waals surface area contributed by atoms with Gasteiger partial charge < -0.3 is 4.55 Å². The maximum Gasteiger partial charge on any atom is 0.154 e. The van der Waals surface area contributed by atoms with E-state index < -0.39 is 21.0 Å². The third-order valence-corrected chi connectivity index (χ3v) is 7.17. The molecule has 3 unspecified atom stereocenters. The second-order valence-corrected chi connectivity index (χ2v) is 7.79. The Hall–Kier alpha value is 0.260. The molecule has 0 N–H and O–H groups in total. The number of hydrogen-bond acceptors (Lipinski definition) is 3. The van der Waals surface area contributed by atoms with Crippen LogP contribution < -0.4 is 0 Å². The van der Waals surface area contributed by atoms with Crippen LogP contribution in [0.2, 0.25) is 0 Å². The van der Waals surface area contributed by atoms with Crippen molar-refractivity contribution in [3.63, 3.8) is 0 Å². The maximum atomic E-state index is 11.3. The first-order valence-corrected chi connectivity index (χ1v) is 7.54. The lowest BCUT2D eigenvalue weighted by atomic mass is 9.98. The first-order chi connectivity index (χ1) is 6.02. The zero-order valence-electron chi connectivity index (χ0n) is 7.52. The molecule has 0 amide bonds. The van der Waals surface area contributed by atoms with Crippen molar-refractivity contribution in [2.45, 2.75) is 30.3 Å². The van der Waals surface area contributed by atoms with E-state index in [2.05, 4.69) is 0 Å². The lowest BCUT2D eigenvalue weighted by Crippen LogP contribution is -2.50. The van der Waals surface area contributed by atoms with Gasteiger partial charge in [-0.25, -0.2) is 8.42 Å². The van der Waals surface area contributed by atoms with Crippen molar-refractivity contribution >= 4 is 21.0 Å². The smallest absolute Gasteiger partial charge is 0.154 e. The van der Waals surface area contributed by atoms with Crippen molar-refractivity contribution in [2.75, 3.05) is 11.5 Å². The zero-order valence-corrected chi connectivity index (χ0v) is 9.16. The first kappa shape index (κ1) is 9.80. The fraction of sp³-hybridized carbons (Fsp3) is 0.875. The molecule has 5 heteroatoms. The van der Waals surface area contributed by atoms with Crippen LogP contribution in [0, 0.1) is 5.92 Å². The summed E-state index contributed by atoms with van der Waals surface area (Å²) in [5.41, 5.74) is 0. The summed E-state index contributed by atoms with van der Waals surface area (Å²) < 4.78 is 33.8. The lowest BCUT2D eigenvalue weighted by Gasteiger charge is -2.40. The van der Waals surface area contributed by atoms with Gasteiger partial charge in [0.2, 0.25) is 0 Å². The quantitative estimate of drug-likeness (QED) is 0.630. The van der Waals surface area contributed by atoms with Crippen molar-refractivity contribution in [1.29, 1.82) is 0 Å². The molecule has 2 saturated heterocycles. The molecule has 0 aromatic heterocycles. The van der Waals surface area contributed by atoms with E-state index in [1.807, 2.05) is 6.92 Å². The summed E-state index contributed by atoms with van der Waals surface area (Å²) >= 11 is -0.783. The molecule has 0 spiro atoms. The molecule has 1 radical (unpaired) electrons. The standard InChI is InChI=1S/C8H13O3S2/c1-6(7-2-4-12(7)9)8-3-5-13(8,10)11/h7-8H,2-5H2,1H3. The van der Waals surface area contributed by atoms with E-state index >= 15 is 0 Å². The van der Waals surface area contributed by atoms with Gasteiger partial charge in [0.05, 0.1) is 11.0 Å². The van der Waals surface area contributed by atoms with Gasteiger partial charge in [0.25, 0.3) is 0 Å². The van der Waals surface area contributed by atoms with Gasteiger partial charge in [-0.2, -0.15) is 0 Å². The van der Waals surface area contributed by atoms with Gasteiger partial charge in [0.1, 0.15) is 11.0 Å². The molecule has 0 saturated carbocycles. The summed E-state index contributed by atoms with van der Waals surface area (Å²) in [6.45, 7) is 1.85. The largest absolute Gasteiger partial charge is 0.616 e. The minimum absolute atomic E-state index is 0.0695. The Labute approximate surface area is 82.0 Å². The Morgan fingerprint density at radius 3 is 2.38 bits per heavy atom. The van der Waals surface area contributed by atoms with Crippen LogP contribution in [0.4, 0.5) is 0 Å². The van der Waals surface area contributed by atoms with Crippen LogP contribution in [0.3, 0.4) is 0 Å². The van der Waals surface area contributed by atoms with Crippen LogP contribution in [-0.2, 0) is 21.0 Å². The molecule has 0 aromatic rings. The molecule has 3 nitrogen and oxygen atoms in total. The molecular formula is C8H13O3S2. The van der Waals surface area contributed by atoms with E-state index in [-0.39, 0.29) is 10.5 Å². The van der Waals surface area contributed by atoms with E-state index in [4.69, 9.17) is 0 Å². The second-order valence-electron chi connectivity index (χ2n) is 3.75. The van der Waals surface area contributed by atoms with Gasteiger partial charge in [-0.15, -0.1) is 0 Å². The molecule has 0 aliphatic carbocycles. The summed E-state index contributed by atoms with van der Waals surface area (Å²) in [6, 6.07) is 0. The average molecular weight is 221 g/mol. The highest BCUT2D eigenvalue weighted by Gasteiger charge is 2.49. The normalized spacial score (nSPS) is 42.5.